The van der Waals surface area contributed by atoms with Gasteiger partial charge in [0.2, 0.25) is 11.2 Å². The molecule has 0 spiro atoms. The molecule has 0 aliphatic carbocycles. The fourth-order valence-corrected chi connectivity index (χ4v) is 4.01. The summed E-state index contributed by atoms with van der Waals surface area (Å²) in [5.74, 6) is -0.189. The Morgan fingerprint density at radius 1 is 1.03 bits per heavy atom. The third-order valence-corrected chi connectivity index (χ3v) is 5.62. The predicted octanol–water partition coefficient (Wildman–Crippen LogP) is 6.53. The van der Waals surface area contributed by atoms with Crippen LogP contribution in [0.3, 0.4) is 0 Å². The minimum Gasteiger partial charge on any atom is -0.473 e. The molecule has 4 rings (SSSR count). The predicted molar refractivity (Wildman–Crippen MR) is 132 cm³/mol. The Hall–Kier alpha value is -3.57. The molecule has 5 nitrogen and oxygen atoms in total. The molecule has 1 N–H and O–H groups in total. The number of carbonyl (C=O) groups is 1. The number of benzene rings is 3. The van der Waals surface area contributed by atoms with Crippen molar-refractivity contribution >= 4 is 34.2 Å². The number of hydrogen-bond acceptors (Lipinski definition) is 4. The molecule has 1 heterocycles. The molecule has 0 saturated heterocycles. The van der Waals surface area contributed by atoms with Crippen LogP contribution in [0.5, 0.6) is 5.75 Å². The Morgan fingerprint density at radius 2 is 1.70 bits per heavy atom. The molecule has 1 unspecified atom stereocenters. The second-order valence-electron chi connectivity index (χ2n) is 7.95. The number of ether oxygens (including phenoxy) is 1. The highest BCUT2D eigenvalue weighted by Crippen LogP contribution is 2.35. The summed E-state index contributed by atoms with van der Waals surface area (Å²) in [6, 6.07) is 19.8. The van der Waals surface area contributed by atoms with Gasteiger partial charge in [0.15, 0.2) is 11.9 Å². The second-order valence-corrected chi connectivity index (χ2v) is 8.35. The molecule has 168 valence electrons. The van der Waals surface area contributed by atoms with Crippen LogP contribution in [0.15, 0.2) is 75.9 Å². The topological polar surface area (TPSA) is 68.5 Å². The van der Waals surface area contributed by atoms with E-state index in [2.05, 4.69) is 5.32 Å². The van der Waals surface area contributed by atoms with E-state index in [1.165, 1.54) is 0 Å². The number of halogens is 1. The number of fused-ring (bicyclic) bond motifs is 1. The van der Waals surface area contributed by atoms with Crippen LogP contribution in [0.1, 0.15) is 24.5 Å². The molecule has 3 aromatic carbocycles. The van der Waals surface area contributed by atoms with Gasteiger partial charge in [-0.1, -0.05) is 48.9 Å². The van der Waals surface area contributed by atoms with Gasteiger partial charge in [0, 0.05) is 11.3 Å². The molecular weight excluding hydrogens is 438 g/mol. The van der Waals surface area contributed by atoms with Gasteiger partial charge in [0.1, 0.15) is 5.58 Å². The molecule has 0 aliphatic rings. The monoisotopic (exact) mass is 461 g/mol. The van der Waals surface area contributed by atoms with Gasteiger partial charge in [-0.3, -0.25) is 9.59 Å². The number of hydrogen-bond donors (Lipinski definition) is 1. The van der Waals surface area contributed by atoms with Crippen LogP contribution in [-0.2, 0) is 4.79 Å². The lowest BCUT2D eigenvalue weighted by Gasteiger charge is -2.19. The summed E-state index contributed by atoms with van der Waals surface area (Å²) in [7, 11) is 0. The summed E-state index contributed by atoms with van der Waals surface area (Å²) in [6.07, 6.45) is -0.554. The van der Waals surface area contributed by atoms with E-state index in [0.29, 0.717) is 33.7 Å². The van der Waals surface area contributed by atoms with Gasteiger partial charge in [-0.2, -0.15) is 0 Å². The quantitative estimate of drug-likeness (QED) is 0.354. The van der Waals surface area contributed by atoms with Gasteiger partial charge in [-0.15, -0.1) is 0 Å². The first kappa shape index (κ1) is 22.6. The molecule has 6 heteroatoms. The lowest BCUT2D eigenvalue weighted by atomic mass is 10.1. The number of nitrogens with one attached hydrogen (secondary N) is 1. The third kappa shape index (κ3) is 4.78. The van der Waals surface area contributed by atoms with E-state index < -0.39 is 6.10 Å². The Bertz CT molecular complexity index is 1370. The van der Waals surface area contributed by atoms with Crippen molar-refractivity contribution < 1.29 is 13.9 Å². The summed E-state index contributed by atoms with van der Waals surface area (Å²) < 4.78 is 12.1. The summed E-state index contributed by atoms with van der Waals surface area (Å²) in [5, 5.41) is 3.68. The SMILES string of the molecule is CCC(Oc1c(-c2ccccc2Cl)oc2ccccc2c1=O)C(=O)Nc1cc(C)cc(C)c1. The molecule has 1 aromatic heterocycles. The standard InChI is InChI=1S/C27H24ClNO4/c1-4-22(27(31)29-18-14-16(2)13-17(3)15-18)32-26-24(30)20-10-6-8-12-23(20)33-25(26)19-9-5-7-11-21(19)28/h5-15,22H,4H2,1-3H3,(H,29,31). The van der Waals surface area contributed by atoms with Crippen molar-refractivity contribution in [2.45, 2.75) is 33.3 Å². The molecule has 1 amide bonds. The lowest BCUT2D eigenvalue weighted by molar-refractivity contribution is -0.122. The van der Waals surface area contributed by atoms with Gasteiger partial charge in [-0.05, 0) is 67.8 Å². The van der Waals surface area contributed by atoms with Crippen molar-refractivity contribution in [2.75, 3.05) is 5.32 Å². The van der Waals surface area contributed by atoms with Crippen LogP contribution in [-0.4, -0.2) is 12.0 Å². The Morgan fingerprint density at radius 3 is 2.39 bits per heavy atom. The number of anilines is 1. The van der Waals surface area contributed by atoms with Gasteiger partial charge >= 0.3 is 0 Å². The fourth-order valence-electron chi connectivity index (χ4n) is 3.79. The molecule has 4 aromatic rings. The molecule has 33 heavy (non-hydrogen) atoms. The second kappa shape index (κ2) is 9.51. The zero-order valence-electron chi connectivity index (χ0n) is 18.6. The molecular formula is C27H24ClNO4. The van der Waals surface area contributed by atoms with Crippen LogP contribution in [0.2, 0.25) is 5.02 Å². The Labute approximate surface area is 197 Å². The average Bonchev–Trinajstić information content (AvgIpc) is 2.78. The summed E-state index contributed by atoms with van der Waals surface area (Å²) in [5.41, 5.74) is 3.32. The Kier molecular flexibility index (Phi) is 6.52. The first-order valence-electron chi connectivity index (χ1n) is 10.7. The maximum Gasteiger partial charge on any atom is 0.265 e. The van der Waals surface area contributed by atoms with Crippen LogP contribution >= 0.6 is 11.6 Å². The first-order chi connectivity index (χ1) is 15.9. The number of amides is 1. The van der Waals surface area contributed by atoms with Crippen molar-refractivity contribution in [2.24, 2.45) is 0 Å². The molecule has 0 saturated carbocycles. The third-order valence-electron chi connectivity index (χ3n) is 5.29. The number of aryl methyl sites for hydroxylation is 2. The summed E-state index contributed by atoms with van der Waals surface area (Å²) in [6.45, 7) is 5.75. The maximum absolute atomic E-state index is 13.4. The molecule has 0 bridgehead atoms. The van der Waals surface area contributed by atoms with Crippen molar-refractivity contribution in [1.29, 1.82) is 0 Å². The van der Waals surface area contributed by atoms with E-state index in [-0.39, 0.29) is 22.8 Å². The highest BCUT2D eigenvalue weighted by atomic mass is 35.5. The average molecular weight is 462 g/mol. The largest absolute Gasteiger partial charge is 0.473 e. The summed E-state index contributed by atoms with van der Waals surface area (Å²) >= 11 is 6.41. The van der Waals surface area contributed by atoms with Crippen LogP contribution in [0.4, 0.5) is 5.69 Å². The minimum absolute atomic E-state index is 0.0378. The highest BCUT2D eigenvalue weighted by Gasteiger charge is 2.26. The van der Waals surface area contributed by atoms with Gasteiger partial charge in [0.25, 0.3) is 5.91 Å². The van der Waals surface area contributed by atoms with Crippen LogP contribution in [0.25, 0.3) is 22.3 Å². The smallest absolute Gasteiger partial charge is 0.265 e. The minimum atomic E-state index is -0.906. The van der Waals surface area contributed by atoms with E-state index in [9.17, 15) is 9.59 Å². The number of rotatable bonds is 6. The zero-order valence-corrected chi connectivity index (χ0v) is 19.4. The molecule has 1 atom stereocenters. The van der Waals surface area contributed by atoms with E-state index in [4.69, 9.17) is 20.8 Å². The molecule has 0 fully saturated rings. The van der Waals surface area contributed by atoms with Crippen molar-refractivity contribution in [3.8, 4) is 17.1 Å². The van der Waals surface area contributed by atoms with E-state index in [1.54, 1.807) is 48.5 Å². The van der Waals surface area contributed by atoms with Gasteiger partial charge in [-0.25, -0.2) is 0 Å². The highest BCUT2D eigenvalue weighted by molar-refractivity contribution is 6.33. The summed E-state index contributed by atoms with van der Waals surface area (Å²) in [4.78, 5) is 26.5. The maximum atomic E-state index is 13.4. The van der Waals surface area contributed by atoms with Gasteiger partial charge < -0.3 is 14.5 Å². The fraction of sp³-hybridized carbons (Fsp3) is 0.185. The van der Waals surface area contributed by atoms with Gasteiger partial charge in [0.05, 0.1) is 10.4 Å². The van der Waals surface area contributed by atoms with E-state index >= 15 is 0 Å². The Balaban J connectivity index is 1.76. The zero-order chi connectivity index (χ0) is 23.5. The normalized spacial score (nSPS) is 11.9. The first-order valence-corrected chi connectivity index (χ1v) is 11.1. The lowest BCUT2D eigenvalue weighted by Crippen LogP contribution is -2.34. The van der Waals surface area contributed by atoms with Crippen molar-refractivity contribution in [1.82, 2.24) is 0 Å². The van der Waals surface area contributed by atoms with Crippen molar-refractivity contribution in [3.05, 3.63) is 93.1 Å². The number of carbonyl (C=O) groups excluding carboxylic acids is 1. The molecule has 0 aliphatic heterocycles. The number of para-hydroxylation sites is 1. The molecule has 0 radical (unpaired) electrons. The van der Waals surface area contributed by atoms with E-state index in [1.807, 2.05) is 39.0 Å². The van der Waals surface area contributed by atoms with Crippen LogP contribution in [0, 0.1) is 13.8 Å². The van der Waals surface area contributed by atoms with E-state index in [0.717, 1.165) is 11.1 Å². The van der Waals surface area contributed by atoms with Crippen molar-refractivity contribution in [3.63, 3.8) is 0 Å². The van der Waals surface area contributed by atoms with Crippen LogP contribution < -0.4 is 15.5 Å².